The van der Waals surface area contributed by atoms with Gasteiger partial charge in [-0.15, -0.1) is 11.3 Å². The van der Waals surface area contributed by atoms with E-state index in [4.69, 9.17) is 21.4 Å². The molecule has 4 aromatic rings. The van der Waals surface area contributed by atoms with Crippen LogP contribution in [0.3, 0.4) is 0 Å². The predicted octanol–water partition coefficient (Wildman–Crippen LogP) is 5.94. The topological polar surface area (TPSA) is 57.0 Å². The summed E-state index contributed by atoms with van der Waals surface area (Å²) >= 11 is 7.27. The second-order valence-corrected chi connectivity index (χ2v) is 7.90. The molecule has 8 heteroatoms. The lowest BCUT2D eigenvalue weighted by molar-refractivity contribution is 0.0531. The van der Waals surface area contributed by atoms with E-state index in [1.54, 1.807) is 42.8 Å². The number of rotatable bonds is 5. The van der Waals surface area contributed by atoms with E-state index < -0.39 is 5.97 Å². The number of nitrogens with zero attached hydrogens (tertiary/aromatic N) is 3. The first kappa shape index (κ1) is 20.3. The van der Waals surface area contributed by atoms with Gasteiger partial charge in [0.25, 0.3) is 0 Å². The third-order valence-electron chi connectivity index (χ3n) is 4.40. The first-order valence-corrected chi connectivity index (χ1v) is 10.4. The lowest BCUT2D eigenvalue weighted by Crippen LogP contribution is -2.03. The molecule has 0 radical (unpaired) electrons. The Hall–Kier alpha value is -3.03. The quantitative estimate of drug-likeness (QED) is 0.359. The van der Waals surface area contributed by atoms with Gasteiger partial charge in [0.15, 0.2) is 0 Å². The van der Waals surface area contributed by atoms with Crippen molar-refractivity contribution in [3.05, 3.63) is 76.0 Å². The second-order valence-electron chi connectivity index (χ2n) is 6.46. The first-order valence-electron chi connectivity index (χ1n) is 9.23. The minimum atomic E-state index is -0.394. The van der Waals surface area contributed by atoms with Crippen LogP contribution in [-0.4, -0.2) is 27.3 Å². The van der Waals surface area contributed by atoms with Crippen molar-refractivity contribution < 1.29 is 13.9 Å². The van der Waals surface area contributed by atoms with Crippen LogP contribution in [0.5, 0.6) is 0 Å². The van der Waals surface area contributed by atoms with E-state index in [2.05, 4.69) is 4.98 Å². The molecule has 0 aliphatic rings. The molecule has 0 unspecified atom stereocenters. The molecule has 0 aliphatic heterocycles. The number of halogens is 2. The minimum absolute atomic E-state index is 0.297. The Kier molecular flexibility index (Phi) is 5.65. The molecule has 2 aromatic heterocycles. The van der Waals surface area contributed by atoms with Gasteiger partial charge in [-0.25, -0.2) is 18.9 Å². The molecule has 0 saturated heterocycles. The molecule has 0 fully saturated rings. The van der Waals surface area contributed by atoms with Crippen LogP contribution in [0.1, 0.15) is 22.3 Å². The molecular weight excluding hydrogens is 425 g/mol. The van der Waals surface area contributed by atoms with E-state index in [1.807, 2.05) is 18.2 Å². The van der Waals surface area contributed by atoms with Crippen LogP contribution < -0.4 is 0 Å². The van der Waals surface area contributed by atoms with Crippen molar-refractivity contribution in [3.63, 3.8) is 0 Å². The van der Waals surface area contributed by atoms with Crippen LogP contribution in [0.4, 0.5) is 4.39 Å². The van der Waals surface area contributed by atoms with E-state index >= 15 is 0 Å². The van der Waals surface area contributed by atoms with Gasteiger partial charge in [0.05, 0.1) is 23.7 Å². The Balaban J connectivity index is 1.83. The lowest BCUT2D eigenvalue weighted by atomic mass is 10.1. The third kappa shape index (κ3) is 3.99. The number of carbonyl (C=O) groups is 1. The first-order chi connectivity index (χ1) is 14.5. The highest BCUT2D eigenvalue weighted by atomic mass is 35.5. The van der Waals surface area contributed by atoms with Crippen LogP contribution in [0, 0.1) is 12.7 Å². The summed E-state index contributed by atoms with van der Waals surface area (Å²) in [5, 5.41) is 5.93. The fourth-order valence-corrected chi connectivity index (χ4v) is 4.02. The maximum Gasteiger partial charge on any atom is 0.350 e. The number of aromatic nitrogens is 3. The molecule has 0 atom stereocenters. The van der Waals surface area contributed by atoms with E-state index in [0.29, 0.717) is 38.6 Å². The van der Waals surface area contributed by atoms with E-state index in [9.17, 15) is 9.18 Å². The highest BCUT2D eigenvalue weighted by Crippen LogP contribution is 2.33. The standard InChI is InChI=1S/C22H17ClFN3O2S/c1-3-29-22(28)20-13(2)25-21(30-20)18-12-19(14-4-6-15(23)7-5-14)27(26-18)17-10-8-16(24)9-11-17/h4-12H,3H2,1-2H3. The Labute approximate surface area is 181 Å². The average Bonchev–Trinajstić information content (AvgIpc) is 3.33. The molecule has 0 saturated carbocycles. The Bertz CT molecular complexity index is 1140. The van der Waals surface area contributed by atoms with Crippen LogP contribution in [0.15, 0.2) is 54.6 Å². The van der Waals surface area contributed by atoms with Gasteiger partial charge in [-0.05, 0) is 56.3 Å². The summed E-state index contributed by atoms with van der Waals surface area (Å²) in [4.78, 5) is 17.1. The molecular formula is C22H17ClFN3O2S. The predicted molar refractivity (Wildman–Crippen MR) is 116 cm³/mol. The van der Waals surface area contributed by atoms with Crippen molar-refractivity contribution in [1.29, 1.82) is 0 Å². The largest absolute Gasteiger partial charge is 0.462 e. The summed E-state index contributed by atoms with van der Waals surface area (Å²) in [6, 6.07) is 15.3. The van der Waals surface area contributed by atoms with Crippen LogP contribution in [0.25, 0.3) is 27.6 Å². The number of hydrogen-bond acceptors (Lipinski definition) is 5. The summed E-state index contributed by atoms with van der Waals surface area (Å²) in [7, 11) is 0. The molecule has 4 rings (SSSR count). The van der Waals surface area contributed by atoms with Crippen molar-refractivity contribution in [2.24, 2.45) is 0 Å². The molecule has 0 spiro atoms. The fraction of sp³-hybridized carbons (Fsp3) is 0.136. The number of ether oxygens (including phenoxy) is 1. The average molecular weight is 442 g/mol. The van der Waals surface area contributed by atoms with Gasteiger partial charge in [0.1, 0.15) is 21.4 Å². The number of carbonyl (C=O) groups excluding carboxylic acids is 1. The van der Waals surface area contributed by atoms with Crippen molar-refractivity contribution in [3.8, 4) is 27.6 Å². The minimum Gasteiger partial charge on any atom is -0.462 e. The van der Waals surface area contributed by atoms with E-state index in [1.165, 1.54) is 23.5 Å². The number of esters is 1. The van der Waals surface area contributed by atoms with Crippen molar-refractivity contribution in [2.45, 2.75) is 13.8 Å². The molecule has 0 aliphatic carbocycles. The molecule has 2 heterocycles. The highest BCUT2D eigenvalue weighted by molar-refractivity contribution is 7.17. The van der Waals surface area contributed by atoms with Gasteiger partial charge in [-0.3, -0.25) is 0 Å². The molecule has 152 valence electrons. The Morgan fingerprint density at radius 2 is 1.87 bits per heavy atom. The number of hydrogen-bond donors (Lipinski definition) is 0. The Morgan fingerprint density at radius 1 is 1.17 bits per heavy atom. The summed E-state index contributed by atoms with van der Waals surface area (Å²) in [5.41, 5.74) is 3.58. The Morgan fingerprint density at radius 3 is 2.53 bits per heavy atom. The summed E-state index contributed by atoms with van der Waals surface area (Å²) in [6.45, 7) is 3.83. The number of aryl methyl sites for hydroxylation is 1. The molecule has 30 heavy (non-hydrogen) atoms. The molecule has 2 aromatic carbocycles. The van der Waals surface area contributed by atoms with Crippen molar-refractivity contribution in [1.82, 2.24) is 14.8 Å². The lowest BCUT2D eigenvalue weighted by Gasteiger charge is -2.07. The maximum atomic E-state index is 13.4. The fourth-order valence-electron chi connectivity index (χ4n) is 2.98. The summed E-state index contributed by atoms with van der Waals surface area (Å²) in [5.74, 6) is -0.719. The zero-order chi connectivity index (χ0) is 21.3. The zero-order valence-electron chi connectivity index (χ0n) is 16.2. The van der Waals surface area contributed by atoms with Gasteiger partial charge >= 0.3 is 5.97 Å². The number of benzene rings is 2. The number of thiazole rings is 1. The van der Waals surface area contributed by atoms with Gasteiger partial charge in [0.2, 0.25) is 0 Å². The van der Waals surface area contributed by atoms with Crippen LogP contribution in [0.2, 0.25) is 5.02 Å². The van der Waals surface area contributed by atoms with Gasteiger partial charge in [-0.2, -0.15) is 5.10 Å². The van der Waals surface area contributed by atoms with Crippen LogP contribution in [-0.2, 0) is 4.74 Å². The smallest absolute Gasteiger partial charge is 0.350 e. The van der Waals surface area contributed by atoms with Gasteiger partial charge in [0, 0.05) is 10.6 Å². The molecule has 5 nitrogen and oxygen atoms in total. The van der Waals surface area contributed by atoms with Crippen molar-refractivity contribution in [2.75, 3.05) is 6.61 Å². The summed E-state index contributed by atoms with van der Waals surface area (Å²) in [6.07, 6.45) is 0. The molecule has 0 amide bonds. The van der Waals surface area contributed by atoms with E-state index in [-0.39, 0.29) is 5.82 Å². The third-order valence-corrected chi connectivity index (χ3v) is 5.81. The van der Waals surface area contributed by atoms with Gasteiger partial charge < -0.3 is 4.74 Å². The van der Waals surface area contributed by atoms with Crippen LogP contribution >= 0.6 is 22.9 Å². The summed E-state index contributed by atoms with van der Waals surface area (Å²) < 4.78 is 20.3. The highest BCUT2D eigenvalue weighted by Gasteiger charge is 2.20. The SMILES string of the molecule is CCOC(=O)c1sc(-c2cc(-c3ccc(Cl)cc3)n(-c3ccc(F)cc3)n2)nc1C. The second kappa shape index (κ2) is 8.38. The van der Waals surface area contributed by atoms with Gasteiger partial charge in [-0.1, -0.05) is 23.7 Å². The molecule has 0 bridgehead atoms. The van der Waals surface area contributed by atoms with E-state index in [0.717, 1.165) is 11.3 Å². The maximum absolute atomic E-state index is 13.4. The zero-order valence-corrected chi connectivity index (χ0v) is 17.8. The molecule has 0 N–H and O–H groups in total. The normalized spacial score (nSPS) is 10.9. The van der Waals surface area contributed by atoms with Crippen molar-refractivity contribution >= 4 is 28.9 Å². The monoisotopic (exact) mass is 441 g/mol.